The second-order valence-corrected chi connectivity index (χ2v) is 4.64. The molecule has 2 aromatic rings. The van der Waals surface area contributed by atoms with Crippen LogP contribution in [0.5, 0.6) is 0 Å². The highest BCUT2D eigenvalue weighted by Crippen LogP contribution is 2.13. The summed E-state index contributed by atoms with van der Waals surface area (Å²) >= 11 is 1.34. The van der Waals surface area contributed by atoms with Gasteiger partial charge in [-0.05, 0) is 17.9 Å². The molecular weight excluding hydrogens is 252 g/mol. The fourth-order valence-electron chi connectivity index (χ4n) is 1.60. The Hall–Kier alpha value is -1.95. The van der Waals surface area contributed by atoms with Crippen LogP contribution >= 0.6 is 11.3 Å². The van der Waals surface area contributed by atoms with Gasteiger partial charge in [-0.25, -0.2) is 9.78 Å². The van der Waals surface area contributed by atoms with E-state index in [0.717, 1.165) is 0 Å². The largest absolute Gasteiger partial charge is 0.478 e. The minimum absolute atomic E-state index is 0.132. The van der Waals surface area contributed by atoms with Crippen molar-refractivity contribution in [3.05, 3.63) is 39.8 Å². The van der Waals surface area contributed by atoms with Gasteiger partial charge >= 0.3 is 5.97 Å². The summed E-state index contributed by atoms with van der Waals surface area (Å²) in [6.07, 6.45) is 3.42. The van der Waals surface area contributed by atoms with E-state index in [4.69, 9.17) is 5.11 Å². The maximum atomic E-state index is 12.0. The molecular formula is C12H12N2O3S. The molecule has 0 fully saturated rings. The molecule has 0 bridgehead atoms. The first-order valence-corrected chi connectivity index (χ1v) is 6.36. The van der Waals surface area contributed by atoms with Crippen molar-refractivity contribution in [1.82, 2.24) is 9.55 Å². The Morgan fingerprint density at radius 2 is 2.39 bits per heavy atom. The normalized spacial score (nSPS) is 11.9. The van der Waals surface area contributed by atoms with Crippen LogP contribution in [-0.4, -0.2) is 20.6 Å². The molecule has 0 saturated heterocycles. The molecule has 94 valence electrons. The van der Waals surface area contributed by atoms with E-state index in [0.29, 0.717) is 22.2 Å². The molecule has 0 aliphatic rings. The van der Waals surface area contributed by atoms with Crippen LogP contribution in [0.2, 0.25) is 0 Å². The quantitative estimate of drug-likeness (QED) is 0.856. The van der Waals surface area contributed by atoms with Crippen LogP contribution in [0.25, 0.3) is 10.2 Å². The molecule has 0 atom stereocenters. The Morgan fingerprint density at radius 3 is 3.06 bits per heavy atom. The number of aliphatic carboxylic acids is 1. The van der Waals surface area contributed by atoms with Crippen molar-refractivity contribution in [2.24, 2.45) is 0 Å². The number of thiophene rings is 1. The molecule has 0 aliphatic carbocycles. The molecule has 2 heterocycles. The summed E-state index contributed by atoms with van der Waals surface area (Å²) in [4.78, 5) is 27.0. The minimum atomic E-state index is -0.948. The van der Waals surface area contributed by atoms with Crippen LogP contribution in [0.4, 0.5) is 0 Å². The number of carbonyl (C=O) groups is 1. The topological polar surface area (TPSA) is 72.2 Å². The number of hydrogen-bond acceptors (Lipinski definition) is 4. The molecule has 0 aliphatic heterocycles. The number of hydrogen-bond donors (Lipinski definition) is 1. The van der Waals surface area contributed by atoms with Crippen molar-refractivity contribution >= 4 is 27.5 Å². The second kappa shape index (κ2) is 5.14. The lowest BCUT2D eigenvalue weighted by molar-refractivity contribution is -0.132. The van der Waals surface area contributed by atoms with E-state index in [2.05, 4.69) is 4.98 Å². The van der Waals surface area contributed by atoms with Gasteiger partial charge in [-0.1, -0.05) is 13.0 Å². The lowest BCUT2D eigenvalue weighted by Gasteiger charge is -2.02. The number of fused-ring (bicyclic) bond motifs is 1. The standard InChI is InChI=1S/C12H12N2O3S/c1-2-8(12(16)17)3-5-14-7-13-9-4-6-18-10(9)11(14)15/h3-4,6-7H,2,5H2,1H3,(H,16,17). The first kappa shape index (κ1) is 12.5. The maximum absolute atomic E-state index is 12.0. The van der Waals surface area contributed by atoms with Crippen LogP contribution in [0.15, 0.2) is 34.2 Å². The Bertz CT molecular complexity index is 669. The van der Waals surface area contributed by atoms with E-state index in [-0.39, 0.29) is 12.1 Å². The molecule has 0 spiro atoms. The molecule has 0 aromatic carbocycles. The maximum Gasteiger partial charge on any atom is 0.331 e. The lowest BCUT2D eigenvalue weighted by Crippen LogP contribution is -2.19. The van der Waals surface area contributed by atoms with Gasteiger partial charge in [0.05, 0.1) is 11.8 Å². The summed E-state index contributed by atoms with van der Waals surface area (Å²) in [6.45, 7) is 2.00. The molecule has 2 rings (SSSR count). The molecule has 0 amide bonds. The molecule has 1 N–H and O–H groups in total. The third-order valence-electron chi connectivity index (χ3n) is 2.63. The van der Waals surface area contributed by atoms with E-state index < -0.39 is 5.97 Å². The number of carboxylic acid groups (broad SMARTS) is 1. The second-order valence-electron chi connectivity index (χ2n) is 3.73. The van der Waals surface area contributed by atoms with E-state index in [1.54, 1.807) is 19.1 Å². The van der Waals surface area contributed by atoms with Gasteiger partial charge in [-0.3, -0.25) is 9.36 Å². The van der Waals surface area contributed by atoms with Gasteiger partial charge in [0.1, 0.15) is 4.70 Å². The van der Waals surface area contributed by atoms with Crippen molar-refractivity contribution < 1.29 is 9.90 Å². The molecule has 0 unspecified atom stereocenters. The van der Waals surface area contributed by atoms with Gasteiger partial charge in [0, 0.05) is 12.1 Å². The van der Waals surface area contributed by atoms with Crippen LogP contribution < -0.4 is 5.56 Å². The van der Waals surface area contributed by atoms with Gasteiger partial charge in [-0.2, -0.15) is 0 Å². The zero-order valence-corrected chi connectivity index (χ0v) is 10.6. The number of aromatic nitrogens is 2. The van der Waals surface area contributed by atoms with Crippen LogP contribution in [0.3, 0.4) is 0 Å². The summed E-state index contributed by atoms with van der Waals surface area (Å²) in [7, 11) is 0. The van der Waals surface area contributed by atoms with E-state index in [1.165, 1.54) is 22.2 Å². The predicted octanol–water partition coefficient (Wildman–Crippen LogP) is 1.88. The Labute approximate surface area is 107 Å². The number of nitrogens with zero attached hydrogens (tertiary/aromatic N) is 2. The van der Waals surface area contributed by atoms with Crippen molar-refractivity contribution in [2.45, 2.75) is 19.9 Å². The van der Waals surface area contributed by atoms with E-state index in [9.17, 15) is 9.59 Å². The van der Waals surface area contributed by atoms with Crippen molar-refractivity contribution in [1.29, 1.82) is 0 Å². The molecule has 6 heteroatoms. The van der Waals surface area contributed by atoms with E-state index in [1.807, 2.05) is 5.38 Å². The first-order chi connectivity index (χ1) is 8.63. The fraction of sp³-hybridized carbons (Fsp3) is 0.250. The summed E-state index contributed by atoms with van der Waals surface area (Å²) in [5.41, 5.74) is 0.847. The summed E-state index contributed by atoms with van der Waals surface area (Å²) in [5, 5.41) is 10.7. The Kier molecular flexibility index (Phi) is 3.57. The third kappa shape index (κ3) is 2.33. The highest BCUT2D eigenvalue weighted by molar-refractivity contribution is 7.17. The van der Waals surface area contributed by atoms with E-state index >= 15 is 0 Å². The molecule has 2 aromatic heterocycles. The summed E-state index contributed by atoms with van der Waals surface area (Å²) in [5.74, 6) is -0.948. The highest BCUT2D eigenvalue weighted by atomic mass is 32.1. The van der Waals surface area contributed by atoms with Gasteiger partial charge in [0.25, 0.3) is 5.56 Å². The zero-order valence-electron chi connectivity index (χ0n) is 9.79. The monoisotopic (exact) mass is 264 g/mol. The number of rotatable bonds is 4. The Morgan fingerprint density at radius 1 is 1.61 bits per heavy atom. The Balaban J connectivity index is 2.35. The zero-order chi connectivity index (χ0) is 13.1. The summed E-state index contributed by atoms with van der Waals surface area (Å²) < 4.78 is 2.01. The van der Waals surface area contributed by atoms with Crippen LogP contribution in [-0.2, 0) is 11.3 Å². The van der Waals surface area contributed by atoms with Gasteiger partial charge in [0.2, 0.25) is 0 Å². The number of carboxylic acids is 1. The van der Waals surface area contributed by atoms with Crippen molar-refractivity contribution in [3.8, 4) is 0 Å². The van der Waals surface area contributed by atoms with Gasteiger partial charge in [0.15, 0.2) is 0 Å². The molecule has 0 saturated carbocycles. The predicted molar refractivity (Wildman–Crippen MR) is 69.9 cm³/mol. The smallest absolute Gasteiger partial charge is 0.331 e. The fourth-order valence-corrected chi connectivity index (χ4v) is 2.39. The molecule has 5 nitrogen and oxygen atoms in total. The average molecular weight is 264 g/mol. The summed E-state index contributed by atoms with van der Waals surface area (Å²) in [6, 6.07) is 1.79. The molecule has 18 heavy (non-hydrogen) atoms. The minimum Gasteiger partial charge on any atom is -0.478 e. The first-order valence-electron chi connectivity index (χ1n) is 5.48. The third-order valence-corrected chi connectivity index (χ3v) is 3.52. The lowest BCUT2D eigenvalue weighted by atomic mass is 10.2. The van der Waals surface area contributed by atoms with Crippen LogP contribution in [0.1, 0.15) is 13.3 Å². The van der Waals surface area contributed by atoms with Crippen LogP contribution in [0, 0.1) is 0 Å². The molecule has 0 radical (unpaired) electrons. The highest BCUT2D eigenvalue weighted by Gasteiger charge is 2.06. The van der Waals surface area contributed by atoms with Gasteiger partial charge < -0.3 is 5.11 Å². The SMILES string of the molecule is CCC(=CCn1cnc2ccsc2c1=O)C(=O)O. The van der Waals surface area contributed by atoms with Crippen molar-refractivity contribution in [2.75, 3.05) is 0 Å². The number of allylic oxidation sites excluding steroid dienone is 1. The van der Waals surface area contributed by atoms with Crippen molar-refractivity contribution in [3.63, 3.8) is 0 Å². The average Bonchev–Trinajstić information content (AvgIpc) is 2.81. The van der Waals surface area contributed by atoms with Gasteiger partial charge in [-0.15, -0.1) is 11.3 Å².